The molecule has 4 heteroatoms. The quantitative estimate of drug-likeness (QED) is 0.686. The molecule has 21 heavy (non-hydrogen) atoms. The van der Waals surface area contributed by atoms with E-state index in [0.29, 0.717) is 16.1 Å². The van der Waals surface area contributed by atoms with E-state index in [4.69, 9.17) is 23.2 Å². The van der Waals surface area contributed by atoms with Crippen molar-refractivity contribution >= 4 is 35.0 Å². The average molecular weight is 340 g/mol. The third kappa shape index (κ3) is 5.55. The second-order valence-corrected chi connectivity index (χ2v) is 6.74. The lowest BCUT2D eigenvalue weighted by molar-refractivity contribution is 0.572. The largest absolute Gasteiger partial charge is 0.313 e. The highest BCUT2D eigenvalue weighted by molar-refractivity contribution is 7.99. The van der Waals surface area contributed by atoms with E-state index in [1.54, 1.807) is 0 Å². The van der Waals surface area contributed by atoms with Crippen molar-refractivity contribution in [3.63, 3.8) is 0 Å². The first kappa shape index (κ1) is 16.7. The topological polar surface area (TPSA) is 12.0 Å². The molecule has 1 unspecified atom stereocenters. The molecule has 2 rings (SSSR count). The van der Waals surface area contributed by atoms with Crippen LogP contribution in [-0.4, -0.2) is 18.3 Å². The second kappa shape index (κ2) is 8.70. The molecular formula is C17H19Cl2NS. The summed E-state index contributed by atoms with van der Waals surface area (Å²) in [6, 6.07) is 16.8. The van der Waals surface area contributed by atoms with Gasteiger partial charge in [-0.2, -0.15) is 0 Å². The first-order valence-corrected chi connectivity index (χ1v) is 8.78. The van der Waals surface area contributed by atoms with E-state index >= 15 is 0 Å². The summed E-state index contributed by atoms with van der Waals surface area (Å²) in [6.07, 6.45) is 0.949. The number of likely N-dealkylation sites (N-methyl/N-ethyl adjacent to an activating group) is 1. The van der Waals surface area contributed by atoms with Gasteiger partial charge in [0.1, 0.15) is 0 Å². The molecule has 2 aromatic rings. The van der Waals surface area contributed by atoms with Crippen LogP contribution in [0.15, 0.2) is 53.4 Å². The summed E-state index contributed by atoms with van der Waals surface area (Å²) in [5.41, 5.74) is 1.21. The van der Waals surface area contributed by atoms with Crippen LogP contribution < -0.4 is 5.32 Å². The molecule has 0 fully saturated rings. The molecule has 1 N–H and O–H groups in total. The van der Waals surface area contributed by atoms with Crippen molar-refractivity contribution in [2.45, 2.75) is 24.3 Å². The minimum absolute atomic E-state index is 0.414. The Kier molecular flexibility index (Phi) is 6.91. The van der Waals surface area contributed by atoms with E-state index in [1.807, 2.05) is 36.0 Å². The number of hydrogen-bond donors (Lipinski definition) is 1. The predicted molar refractivity (Wildman–Crippen MR) is 94.8 cm³/mol. The lowest BCUT2D eigenvalue weighted by Gasteiger charge is -2.18. The summed E-state index contributed by atoms with van der Waals surface area (Å²) in [4.78, 5) is 1.30. The number of halogens is 2. The van der Waals surface area contributed by atoms with Crippen molar-refractivity contribution in [1.82, 2.24) is 5.32 Å². The van der Waals surface area contributed by atoms with Gasteiger partial charge in [0.05, 0.1) is 10.0 Å². The monoisotopic (exact) mass is 339 g/mol. The number of hydrogen-bond acceptors (Lipinski definition) is 2. The molecule has 112 valence electrons. The maximum atomic E-state index is 6.09. The fourth-order valence-corrected chi connectivity index (χ4v) is 3.44. The number of thioether (sulfide) groups is 1. The Hall–Kier alpha value is -0.670. The zero-order valence-electron chi connectivity index (χ0n) is 12.0. The predicted octanol–water partition coefficient (Wildman–Crippen LogP) is 5.31. The summed E-state index contributed by atoms with van der Waals surface area (Å²) >= 11 is 13.9. The molecule has 0 aromatic heterocycles. The minimum Gasteiger partial charge on any atom is -0.313 e. The van der Waals surface area contributed by atoms with Gasteiger partial charge in [0.25, 0.3) is 0 Å². The van der Waals surface area contributed by atoms with Crippen LogP contribution in [0.1, 0.15) is 12.5 Å². The molecule has 1 atom stereocenters. The van der Waals surface area contributed by atoms with Gasteiger partial charge < -0.3 is 5.32 Å². The lowest BCUT2D eigenvalue weighted by Crippen LogP contribution is -2.33. The van der Waals surface area contributed by atoms with Gasteiger partial charge in [-0.1, -0.05) is 54.4 Å². The number of nitrogens with one attached hydrogen (secondary N) is 1. The molecule has 0 saturated carbocycles. The Labute approximate surface area is 141 Å². The standard InChI is InChI=1S/C17H19Cl2NS/c1-2-20-14(12-21-15-6-4-3-5-7-15)10-13-8-9-16(18)17(19)11-13/h3-9,11,14,20H,2,10,12H2,1H3. The fourth-order valence-electron chi connectivity index (χ4n) is 2.14. The summed E-state index contributed by atoms with van der Waals surface area (Å²) in [6.45, 7) is 3.09. The van der Waals surface area contributed by atoms with Crippen LogP contribution in [0.2, 0.25) is 10.0 Å². The van der Waals surface area contributed by atoms with Gasteiger partial charge in [0.15, 0.2) is 0 Å². The van der Waals surface area contributed by atoms with Gasteiger partial charge in [0.2, 0.25) is 0 Å². The molecule has 0 radical (unpaired) electrons. The first-order valence-electron chi connectivity index (χ1n) is 7.04. The van der Waals surface area contributed by atoms with E-state index < -0.39 is 0 Å². The molecule has 1 nitrogen and oxygen atoms in total. The average Bonchev–Trinajstić information content (AvgIpc) is 2.50. The SMILES string of the molecule is CCNC(CSc1ccccc1)Cc1ccc(Cl)c(Cl)c1. The second-order valence-electron chi connectivity index (χ2n) is 4.83. The highest BCUT2D eigenvalue weighted by Crippen LogP contribution is 2.24. The summed E-state index contributed by atoms with van der Waals surface area (Å²) < 4.78 is 0. The van der Waals surface area contributed by atoms with E-state index in [-0.39, 0.29) is 0 Å². The van der Waals surface area contributed by atoms with Gasteiger partial charge in [-0.25, -0.2) is 0 Å². The molecule has 0 amide bonds. The van der Waals surface area contributed by atoms with Gasteiger partial charge in [0, 0.05) is 16.7 Å². The Morgan fingerprint density at radius 1 is 1.05 bits per heavy atom. The minimum atomic E-state index is 0.414. The van der Waals surface area contributed by atoms with Crippen LogP contribution in [0.3, 0.4) is 0 Å². The number of benzene rings is 2. The normalized spacial score (nSPS) is 12.3. The van der Waals surface area contributed by atoms with Gasteiger partial charge >= 0.3 is 0 Å². The van der Waals surface area contributed by atoms with Crippen molar-refractivity contribution in [2.24, 2.45) is 0 Å². The molecule has 0 aliphatic carbocycles. The third-order valence-corrected chi connectivity index (χ3v) is 5.07. The van der Waals surface area contributed by atoms with Crippen molar-refractivity contribution in [2.75, 3.05) is 12.3 Å². The van der Waals surface area contributed by atoms with Gasteiger partial charge in [-0.05, 0) is 42.8 Å². The van der Waals surface area contributed by atoms with E-state index in [1.165, 1.54) is 10.5 Å². The van der Waals surface area contributed by atoms with Crippen molar-refractivity contribution in [3.8, 4) is 0 Å². The fraction of sp³-hybridized carbons (Fsp3) is 0.294. The van der Waals surface area contributed by atoms with Crippen molar-refractivity contribution in [3.05, 3.63) is 64.1 Å². The molecule has 0 aliphatic heterocycles. The smallest absolute Gasteiger partial charge is 0.0595 e. The van der Waals surface area contributed by atoms with Crippen LogP contribution in [0.25, 0.3) is 0 Å². The zero-order valence-corrected chi connectivity index (χ0v) is 14.3. The molecule has 0 bridgehead atoms. The maximum Gasteiger partial charge on any atom is 0.0595 e. The molecule has 0 saturated heterocycles. The van der Waals surface area contributed by atoms with Crippen molar-refractivity contribution < 1.29 is 0 Å². The van der Waals surface area contributed by atoms with Gasteiger partial charge in [-0.15, -0.1) is 11.8 Å². The van der Waals surface area contributed by atoms with Crippen molar-refractivity contribution in [1.29, 1.82) is 0 Å². The summed E-state index contributed by atoms with van der Waals surface area (Å²) in [5, 5.41) is 4.77. The summed E-state index contributed by atoms with van der Waals surface area (Å²) in [5.74, 6) is 1.03. The van der Waals surface area contributed by atoms with Crippen LogP contribution in [0.4, 0.5) is 0 Å². The molecule has 0 spiro atoms. The first-order chi connectivity index (χ1) is 10.2. The summed E-state index contributed by atoms with van der Waals surface area (Å²) in [7, 11) is 0. The Morgan fingerprint density at radius 2 is 1.81 bits per heavy atom. The third-order valence-electron chi connectivity index (χ3n) is 3.15. The van der Waals surface area contributed by atoms with E-state index in [0.717, 1.165) is 18.7 Å². The number of rotatable bonds is 7. The Bertz CT molecular complexity index is 560. The van der Waals surface area contributed by atoms with Crippen LogP contribution in [0.5, 0.6) is 0 Å². The maximum absolute atomic E-state index is 6.09. The molecular weight excluding hydrogens is 321 g/mol. The molecule has 0 heterocycles. The Balaban J connectivity index is 1.96. The molecule has 0 aliphatic rings. The lowest BCUT2D eigenvalue weighted by atomic mass is 10.1. The van der Waals surface area contributed by atoms with Crippen LogP contribution in [-0.2, 0) is 6.42 Å². The highest BCUT2D eigenvalue weighted by atomic mass is 35.5. The van der Waals surface area contributed by atoms with Crippen LogP contribution >= 0.6 is 35.0 Å². The van der Waals surface area contributed by atoms with Gasteiger partial charge in [-0.3, -0.25) is 0 Å². The zero-order chi connectivity index (χ0) is 15.1. The highest BCUT2D eigenvalue weighted by Gasteiger charge is 2.10. The Morgan fingerprint density at radius 3 is 2.48 bits per heavy atom. The van der Waals surface area contributed by atoms with Crippen LogP contribution in [0, 0.1) is 0 Å². The van der Waals surface area contributed by atoms with E-state index in [2.05, 4.69) is 36.5 Å². The molecule has 2 aromatic carbocycles. The van der Waals surface area contributed by atoms with E-state index in [9.17, 15) is 0 Å².